The van der Waals surface area contributed by atoms with Crippen LogP contribution < -0.4 is 4.90 Å². The van der Waals surface area contributed by atoms with Crippen molar-refractivity contribution in [3.8, 4) is 11.4 Å². The second kappa shape index (κ2) is 7.38. The minimum Gasteiger partial charge on any atom is -0.353 e. The molecule has 142 valence electrons. The highest BCUT2D eigenvalue weighted by molar-refractivity contribution is 7.80. The van der Waals surface area contributed by atoms with Gasteiger partial charge in [0.05, 0.1) is 11.9 Å². The summed E-state index contributed by atoms with van der Waals surface area (Å²) in [5.74, 6) is 2.16. The van der Waals surface area contributed by atoms with Gasteiger partial charge in [0, 0.05) is 18.7 Å². The van der Waals surface area contributed by atoms with Crippen molar-refractivity contribution in [2.45, 2.75) is 32.2 Å². The Balaban J connectivity index is 1.73. The number of nitrogens with zero attached hydrogens (tertiary/aromatic N) is 6. The molecule has 0 bridgehead atoms. The average molecular weight is 390 g/mol. The summed E-state index contributed by atoms with van der Waals surface area (Å²) in [6.07, 6.45) is 2.70. The van der Waals surface area contributed by atoms with Crippen LogP contribution in [0.3, 0.4) is 0 Å². The topological polar surface area (TPSA) is 59.2 Å². The summed E-state index contributed by atoms with van der Waals surface area (Å²) in [4.78, 5) is 15.3. The number of fused-ring (bicyclic) bond motifs is 1. The van der Waals surface area contributed by atoms with Crippen LogP contribution in [0.2, 0.25) is 0 Å². The lowest BCUT2D eigenvalue weighted by Crippen LogP contribution is -2.44. The number of rotatable bonds is 4. The molecule has 2 unspecified atom stereocenters. The molecule has 1 fully saturated rings. The van der Waals surface area contributed by atoms with Crippen molar-refractivity contribution in [3.63, 3.8) is 0 Å². The smallest absolute Gasteiger partial charge is 0.282 e. The van der Waals surface area contributed by atoms with Gasteiger partial charge in [-0.05, 0) is 43.6 Å². The first-order valence-corrected chi connectivity index (χ1v) is 9.54. The van der Waals surface area contributed by atoms with E-state index >= 15 is 0 Å². The maximum absolute atomic E-state index is 13.0. The van der Waals surface area contributed by atoms with E-state index in [2.05, 4.69) is 44.5 Å². The van der Waals surface area contributed by atoms with Crippen LogP contribution in [0.4, 0.5) is 14.6 Å². The summed E-state index contributed by atoms with van der Waals surface area (Å²) in [7, 11) is 0. The van der Waals surface area contributed by atoms with Gasteiger partial charge in [-0.3, -0.25) is 0 Å². The first-order chi connectivity index (χ1) is 13.1. The van der Waals surface area contributed by atoms with Crippen LogP contribution >= 0.6 is 12.6 Å². The molecule has 0 aromatic carbocycles. The molecule has 27 heavy (non-hydrogen) atoms. The van der Waals surface area contributed by atoms with E-state index in [9.17, 15) is 8.78 Å². The maximum Gasteiger partial charge on any atom is 0.282 e. The Labute approximate surface area is 161 Å². The second-order valence-corrected chi connectivity index (χ2v) is 7.12. The molecule has 0 spiro atoms. The predicted molar refractivity (Wildman–Crippen MR) is 102 cm³/mol. The van der Waals surface area contributed by atoms with Crippen LogP contribution in [0.15, 0.2) is 30.7 Å². The average Bonchev–Trinajstić information content (AvgIpc) is 3.11. The van der Waals surface area contributed by atoms with Gasteiger partial charge in [-0.2, -0.15) is 17.7 Å². The fourth-order valence-electron chi connectivity index (χ4n) is 3.61. The van der Waals surface area contributed by atoms with Crippen molar-refractivity contribution in [3.05, 3.63) is 36.4 Å². The number of piperidine rings is 1. The van der Waals surface area contributed by atoms with Gasteiger partial charge in [0.1, 0.15) is 23.5 Å². The Bertz CT molecular complexity index is 947. The molecule has 9 heteroatoms. The second-order valence-electron chi connectivity index (χ2n) is 6.75. The molecule has 1 aliphatic heterocycles. The first kappa shape index (κ1) is 18.1. The summed E-state index contributed by atoms with van der Waals surface area (Å²) in [5, 5.41) is 4.01. The third kappa shape index (κ3) is 3.36. The molecular weight excluding hydrogens is 370 g/mol. The number of aromatic nitrogens is 5. The van der Waals surface area contributed by atoms with Gasteiger partial charge >= 0.3 is 0 Å². The highest BCUT2D eigenvalue weighted by Gasteiger charge is 2.28. The largest absolute Gasteiger partial charge is 0.353 e. The van der Waals surface area contributed by atoms with Crippen molar-refractivity contribution in [2.24, 2.45) is 5.92 Å². The van der Waals surface area contributed by atoms with E-state index in [-0.39, 0.29) is 5.69 Å². The third-order valence-electron chi connectivity index (χ3n) is 5.20. The van der Waals surface area contributed by atoms with Gasteiger partial charge in [-0.1, -0.05) is 0 Å². The molecule has 3 aromatic rings. The molecule has 0 saturated carbocycles. The zero-order chi connectivity index (χ0) is 19.0. The van der Waals surface area contributed by atoms with Crippen LogP contribution in [0.5, 0.6) is 0 Å². The number of anilines is 1. The predicted octanol–water partition coefficient (Wildman–Crippen LogP) is 3.66. The Morgan fingerprint density at radius 3 is 2.89 bits per heavy atom. The van der Waals surface area contributed by atoms with E-state index in [0.717, 1.165) is 31.0 Å². The monoisotopic (exact) mass is 390 g/mol. The molecule has 0 amide bonds. The van der Waals surface area contributed by atoms with E-state index in [0.29, 0.717) is 29.0 Å². The summed E-state index contributed by atoms with van der Waals surface area (Å²) in [5.41, 5.74) is 1.37. The fourth-order valence-corrected chi connectivity index (χ4v) is 4.10. The van der Waals surface area contributed by atoms with E-state index in [1.165, 1.54) is 23.0 Å². The lowest BCUT2D eigenvalue weighted by atomic mass is 9.92. The minimum absolute atomic E-state index is 0.294. The van der Waals surface area contributed by atoms with Crippen molar-refractivity contribution in [1.29, 1.82) is 0 Å². The van der Waals surface area contributed by atoms with Gasteiger partial charge in [0.25, 0.3) is 6.43 Å². The molecule has 4 rings (SSSR count). The Morgan fingerprint density at radius 2 is 2.11 bits per heavy atom. The summed E-state index contributed by atoms with van der Waals surface area (Å²) in [6, 6.07) is 5.02. The molecule has 1 aliphatic rings. The molecule has 4 heterocycles. The minimum atomic E-state index is -2.64. The molecule has 1 saturated heterocycles. The lowest BCUT2D eigenvalue weighted by molar-refractivity contribution is 0.144. The third-order valence-corrected chi connectivity index (χ3v) is 5.67. The van der Waals surface area contributed by atoms with Gasteiger partial charge in [0.2, 0.25) is 0 Å². The molecule has 3 aromatic heterocycles. The van der Waals surface area contributed by atoms with E-state index < -0.39 is 6.43 Å². The molecular formula is C18H20F2N6S. The first-order valence-electron chi connectivity index (χ1n) is 8.91. The number of halogens is 2. The normalized spacial score (nSPS) is 20.6. The lowest BCUT2D eigenvalue weighted by Gasteiger charge is -2.39. The Morgan fingerprint density at radius 1 is 1.26 bits per heavy atom. The number of thiol groups is 1. The van der Waals surface area contributed by atoms with Crippen molar-refractivity contribution < 1.29 is 8.78 Å². The van der Waals surface area contributed by atoms with Crippen LogP contribution in [0, 0.1) is 5.92 Å². The maximum atomic E-state index is 13.0. The van der Waals surface area contributed by atoms with Crippen LogP contribution in [0.25, 0.3) is 17.0 Å². The van der Waals surface area contributed by atoms with Gasteiger partial charge < -0.3 is 4.90 Å². The number of alkyl halides is 2. The zero-order valence-corrected chi connectivity index (χ0v) is 15.7. The number of imidazole rings is 1. The summed E-state index contributed by atoms with van der Waals surface area (Å²) < 4.78 is 27.4. The molecule has 0 radical (unpaired) electrons. The number of hydrogen-bond acceptors (Lipinski definition) is 6. The Hall–Kier alpha value is -2.29. The van der Waals surface area contributed by atoms with Gasteiger partial charge in [-0.15, -0.1) is 0 Å². The molecule has 0 N–H and O–H groups in total. The van der Waals surface area contributed by atoms with Gasteiger partial charge in [0.15, 0.2) is 5.65 Å². The molecule has 0 aliphatic carbocycles. The standard InChI is InChI=1S/C18H20F2N6S/c1-11-12(9-27)3-2-6-25(11)17-7-14(22-10-23-17)15-8-21-16-5-4-13(18(19)20)24-26(15)16/h4-5,7-8,10-12,18,27H,2-3,6,9H2,1H3. The van der Waals surface area contributed by atoms with E-state index in [4.69, 9.17) is 0 Å². The fraction of sp³-hybridized carbons (Fsp3) is 0.444. The van der Waals surface area contributed by atoms with Crippen molar-refractivity contribution >= 4 is 24.1 Å². The van der Waals surface area contributed by atoms with Gasteiger partial charge in [-0.25, -0.2) is 28.2 Å². The summed E-state index contributed by atoms with van der Waals surface area (Å²) >= 11 is 4.47. The summed E-state index contributed by atoms with van der Waals surface area (Å²) in [6.45, 7) is 3.11. The Kier molecular flexibility index (Phi) is 4.94. The highest BCUT2D eigenvalue weighted by atomic mass is 32.1. The van der Waals surface area contributed by atoms with Crippen LogP contribution in [0.1, 0.15) is 31.9 Å². The van der Waals surface area contributed by atoms with Crippen LogP contribution in [-0.2, 0) is 0 Å². The van der Waals surface area contributed by atoms with E-state index in [1.54, 1.807) is 6.20 Å². The SMILES string of the molecule is CC1C(CS)CCCN1c1cc(-c2cnc3ccc(C(F)F)nn23)ncn1. The molecule has 6 nitrogen and oxygen atoms in total. The number of hydrogen-bond donors (Lipinski definition) is 1. The van der Waals surface area contributed by atoms with E-state index in [1.807, 2.05) is 6.07 Å². The highest BCUT2D eigenvalue weighted by Crippen LogP contribution is 2.30. The quantitative estimate of drug-likeness (QED) is 0.689. The zero-order valence-electron chi connectivity index (χ0n) is 14.8. The van der Waals surface area contributed by atoms with Crippen molar-refractivity contribution in [1.82, 2.24) is 24.6 Å². The molecule has 2 atom stereocenters. The van der Waals surface area contributed by atoms with Crippen LogP contribution in [-0.4, -0.2) is 42.9 Å². The van der Waals surface area contributed by atoms with Crippen molar-refractivity contribution in [2.75, 3.05) is 17.2 Å².